The lowest BCUT2D eigenvalue weighted by molar-refractivity contribution is 0.0997. The van der Waals surface area contributed by atoms with Crippen LogP contribution >= 0.6 is 0 Å². The van der Waals surface area contributed by atoms with Crippen LogP contribution in [0.25, 0.3) is 0 Å². The lowest BCUT2D eigenvalue weighted by Gasteiger charge is -2.32. The van der Waals surface area contributed by atoms with E-state index in [-0.39, 0.29) is 6.04 Å². The van der Waals surface area contributed by atoms with Crippen molar-refractivity contribution in [3.05, 3.63) is 29.8 Å². The minimum Gasteiger partial charge on any atom is -0.490 e. The van der Waals surface area contributed by atoms with E-state index in [1.807, 2.05) is 12.1 Å². The molecule has 1 aliphatic carbocycles. The highest BCUT2D eigenvalue weighted by Crippen LogP contribution is 2.33. The molecule has 1 fully saturated rings. The Labute approximate surface area is 117 Å². The fourth-order valence-electron chi connectivity index (χ4n) is 3.26. The Kier molecular flexibility index (Phi) is 4.87. The van der Waals surface area contributed by atoms with Crippen LogP contribution in [0.1, 0.15) is 58.1 Å². The predicted octanol–water partition coefficient (Wildman–Crippen LogP) is 4.30. The van der Waals surface area contributed by atoms with Crippen LogP contribution in [0.2, 0.25) is 0 Å². The normalized spacial score (nSPS) is 28.9. The van der Waals surface area contributed by atoms with Crippen molar-refractivity contribution in [1.29, 1.82) is 0 Å². The van der Waals surface area contributed by atoms with Crippen molar-refractivity contribution in [3.8, 4) is 5.75 Å². The van der Waals surface area contributed by atoms with Gasteiger partial charge in [0.15, 0.2) is 0 Å². The molecule has 2 rings (SSSR count). The zero-order valence-corrected chi connectivity index (χ0v) is 12.4. The van der Waals surface area contributed by atoms with Crippen molar-refractivity contribution in [3.63, 3.8) is 0 Å². The molecule has 2 N–H and O–H groups in total. The van der Waals surface area contributed by atoms with E-state index in [0.717, 1.165) is 29.6 Å². The average Bonchev–Trinajstić information content (AvgIpc) is 2.37. The molecule has 0 heterocycles. The number of hydrogen-bond donors (Lipinski definition) is 1. The first-order valence-corrected chi connectivity index (χ1v) is 7.61. The fourth-order valence-corrected chi connectivity index (χ4v) is 3.26. The summed E-state index contributed by atoms with van der Waals surface area (Å²) in [4.78, 5) is 0. The molecule has 2 nitrogen and oxygen atoms in total. The molecule has 106 valence electrons. The first kappa shape index (κ1) is 14.4. The van der Waals surface area contributed by atoms with Crippen LogP contribution in [-0.2, 0) is 0 Å². The molecule has 1 aliphatic rings. The Bertz CT molecular complexity index is 394. The second-order valence-corrected chi connectivity index (χ2v) is 6.21. The van der Waals surface area contributed by atoms with Crippen LogP contribution in [0.4, 0.5) is 0 Å². The second-order valence-electron chi connectivity index (χ2n) is 6.21. The van der Waals surface area contributed by atoms with Crippen molar-refractivity contribution in [2.24, 2.45) is 17.6 Å². The van der Waals surface area contributed by atoms with Gasteiger partial charge in [-0.1, -0.05) is 39.0 Å². The predicted molar refractivity (Wildman–Crippen MR) is 80.3 cm³/mol. The van der Waals surface area contributed by atoms with E-state index in [4.69, 9.17) is 10.5 Å². The van der Waals surface area contributed by atoms with Gasteiger partial charge in [0.1, 0.15) is 5.75 Å². The summed E-state index contributed by atoms with van der Waals surface area (Å²) in [6.07, 6.45) is 4.96. The van der Waals surface area contributed by atoms with Crippen LogP contribution in [-0.4, -0.2) is 6.10 Å². The molecule has 1 saturated carbocycles. The van der Waals surface area contributed by atoms with Crippen LogP contribution in [0, 0.1) is 11.8 Å². The van der Waals surface area contributed by atoms with Crippen molar-refractivity contribution >= 4 is 0 Å². The third-order valence-electron chi connectivity index (χ3n) is 4.19. The van der Waals surface area contributed by atoms with Gasteiger partial charge in [-0.3, -0.25) is 0 Å². The van der Waals surface area contributed by atoms with Gasteiger partial charge in [0.25, 0.3) is 0 Å². The number of nitrogens with two attached hydrogens (primary N) is 1. The van der Waals surface area contributed by atoms with Gasteiger partial charge in [-0.25, -0.2) is 0 Å². The van der Waals surface area contributed by atoms with Gasteiger partial charge in [0, 0.05) is 11.6 Å². The Morgan fingerprint density at radius 3 is 2.42 bits per heavy atom. The quantitative estimate of drug-likeness (QED) is 0.877. The molecule has 1 aromatic carbocycles. The summed E-state index contributed by atoms with van der Waals surface area (Å²) in [7, 11) is 0. The number of hydrogen-bond acceptors (Lipinski definition) is 2. The molecule has 0 amide bonds. The molecule has 0 aromatic heterocycles. The van der Waals surface area contributed by atoms with E-state index in [0.29, 0.717) is 6.10 Å². The monoisotopic (exact) mass is 261 g/mol. The van der Waals surface area contributed by atoms with Crippen LogP contribution in [0.5, 0.6) is 5.75 Å². The van der Waals surface area contributed by atoms with Crippen molar-refractivity contribution in [2.75, 3.05) is 0 Å². The molecule has 3 unspecified atom stereocenters. The van der Waals surface area contributed by atoms with E-state index >= 15 is 0 Å². The highest BCUT2D eigenvalue weighted by molar-refractivity contribution is 5.35. The lowest BCUT2D eigenvalue weighted by Crippen LogP contribution is -2.29. The highest BCUT2D eigenvalue weighted by atomic mass is 16.5. The molecule has 0 bridgehead atoms. The van der Waals surface area contributed by atoms with Gasteiger partial charge in [-0.2, -0.15) is 0 Å². The van der Waals surface area contributed by atoms with Crippen molar-refractivity contribution in [1.82, 2.24) is 0 Å². The van der Waals surface area contributed by atoms with Gasteiger partial charge >= 0.3 is 0 Å². The van der Waals surface area contributed by atoms with Gasteiger partial charge in [0.05, 0.1) is 6.10 Å². The van der Waals surface area contributed by atoms with Crippen molar-refractivity contribution < 1.29 is 4.74 Å². The van der Waals surface area contributed by atoms with Gasteiger partial charge in [0.2, 0.25) is 0 Å². The third kappa shape index (κ3) is 3.73. The largest absolute Gasteiger partial charge is 0.490 e. The molecule has 0 spiro atoms. The number of ether oxygens (including phenoxy) is 1. The zero-order valence-electron chi connectivity index (χ0n) is 12.4. The highest BCUT2D eigenvalue weighted by Gasteiger charge is 2.26. The molecule has 1 aromatic rings. The zero-order chi connectivity index (χ0) is 13.8. The number of rotatable bonds is 4. The molecule has 2 heteroatoms. The maximum atomic E-state index is 6.27. The van der Waals surface area contributed by atoms with Crippen LogP contribution in [0.15, 0.2) is 24.3 Å². The minimum atomic E-state index is 0.0784. The molecule has 0 aliphatic heterocycles. The summed E-state index contributed by atoms with van der Waals surface area (Å²) in [5.41, 5.74) is 7.32. The van der Waals surface area contributed by atoms with E-state index in [2.05, 4.69) is 32.9 Å². The summed E-state index contributed by atoms with van der Waals surface area (Å²) >= 11 is 0. The SMILES string of the molecule is CCC(N)c1ccccc1OC1CC(C)CC(C)C1. The Morgan fingerprint density at radius 1 is 1.16 bits per heavy atom. The topological polar surface area (TPSA) is 35.2 Å². The van der Waals surface area contributed by atoms with E-state index < -0.39 is 0 Å². The Hall–Kier alpha value is -1.02. The second kappa shape index (κ2) is 6.42. The maximum absolute atomic E-state index is 6.27. The summed E-state index contributed by atoms with van der Waals surface area (Å²) in [6, 6.07) is 8.32. The van der Waals surface area contributed by atoms with Crippen LogP contribution in [0.3, 0.4) is 0 Å². The third-order valence-corrected chi connectivity index (χ3v) is 4.19. The fraction of sp³-hybridized carbons (Fsp3) is 0.647. The average molecular weight is 261 g/mol. The molecule has 0 saturated heterocycles. The van der Waals surface area contributed by atoms with Gasteiger partial charge < -0.3 is 10.5 Å². The van der Waals surface area contributed by atoms with Crippen molar-refractivity contribution in [2.45, 2.75) is 58.6 Å². The summed E-state index contributed by atoms with van der Waals surface area (Å²) in [5, 5.41) is 0. The molecule has 0 radical (unpaired) electrons. The molecular weight excluding hydrogens is 234 g/mol. The lowest BCUT2D eigenvalue weighted by atomic mass is 9.82. The van der Waals surface area contributed by atoms with Crippen LogP contribution < -0.4 is 10.5 Å². The first-order valence-electron chi connectivity index (χ1n) is 7.61. The first-order chi connectivity index (χ1) is 9.10. The smallest absolute Gasteiger partial charge is 0.124 e. The standard InChI is InChI=1S/C17H27NO/c1-4-16(18)15-7-5-6-8-17(15)19-14-10-12(2)9-13(3)11-14/h5-8,12-14,16H,4,9-11,18H2,1-3H3. The van der Waals surface area contributed by atoms with E-state index in [1.54, 1.807) is 0 Å². The number of benzene rings is 1. The summed E-state index contributed by atoms with van der Waals surface area (Å²) in [6.45, 7) is 6.78. The molecule has 19 heavy (non-hydrogen) atoms. The molecule has 3 atom stereocenters. The Balaban J connectivity index is 2.10. The minimum absolute atomic E-state index is 0.0784. The summed E-state index contributed by atoms with van der Waals surface area (Å²) < 4.78 is 6.27. The number of para-hydroxylation sites is 1. The van der Waals surface area contributed by atoms with E-state index in [1.165, 1.54) is 19.3 Å². The van der Waals surface area contributed by atoms with Gasteiger partial charge in [-0.15, -0.1) is 0 Å². The Morgan fingerprint density at radius 2 is 1.79 bits per heavy atom. The molecular formula is C17H27NO. The van der Waals surface area contributed by atoms with E-state index in [9.17, 15) is 0 Å². The summed E-state index contributed by atoms with van der Waals surface area (Å²) in [5.74, 6) is 2.52. The maximum Gasteiger partial charge on any atom is 0.124 e. The van der Waals surface area contributed by atoms with Gasteiger partial charge in [-0.05, 0) is 43.6 Å².